The maximum Gasteiger partial charge on any atom is 0.136 e. The van der Waals surface area contributed by atoms with Gasteiger partial charge in [0.25, 0.3) is 0 Å². The molecule has 1 aromatic carbocycles. The zero-order chi connectivity index (χ0) is 14.2. The third kappa shape index (κ3) is 2.23. The lowest BCUT2D eigenvalue weighted by Gasteiger charge is -2.38. The molecule has 110 valence electrons. The highest BCUT2D eigenvalue weighted by Crippen LogP contribution is 2.31. The first kappa shape index (κ1) is 12.9. The van der Waals surface area contributed by atoms with E-state index in [9.17, 15) is 0 Å². The number of methoxy groups -OCH3 is 1. The highest BCUT2D eigenvalue weighted by atomic mass is 16.5. The molecule has 0 radical (unpaired) electrons. The molecule has 0 bridgehead atoms. The zero-order valence-electron chi connectivity index (χ0n) is 12.5. The fourth-order valence-electron chi connectivity index (χ4n) is 3.69. The summed E-state index contributed by atoms with van der Waals surface area (Å²) in [4.78, 5) is 9.75. The summed E-state index contributed by atoms with van der Waals surface area (Å²) in [5, 5.41) is 2.43. The predicted octanol–water partition coefficient (Wildman–Crippen LogP) is 2.53. The molecule has 1 aromatic heterocycles. The third-order valence-electron chi connectivity index (χ3n) is 4.84. The summed E-state index contributed by atoms with van der Waals surface area (Å²) in [5.74, 6) is 2.01. The van der Waals surface area contributed by atoms with Gasteiger partial charge >= 0.3 is 0 Å². The Balaban J connectivity index is 1.72. The van der Waals surface area contributed by atoms with Crippen LogP contribution < -0.4 is 9.64 Å². The van der Waals surface area contributed by atoms with Crippen molar-refractivity contribution in [3.05, 3.63) is 30.5 Å². The van der Waals surface area contributed by atoms with Crippen molar-refractivity contribution in [1.29, 1.82) is 0 Å². The van der Waals surface area contributed by atoms with Crippen molar-refractivity contribution in [3.8, 4) is 5.75 Å². The van der Waals surface area contributed by atoms with Gasteiger partial charge in [-0.1, -0.05) is 6.07 Å². The number of hydrogen-bond donors (Lipinski definition) is 0. The number of anilines is 1. The fraction of sp³-hybridized carbons (Fsp3) is 0.471. The van der Waals surface area contributed by atoms with E-state index in [1.54, 1.807) is 7.11 Å². The molecule has 0 spiro atoms. The quantitative estimate of drug-likeness (QED) is 0.847. The van der Waals surface area contributed by atoms with Crippen LogP contribution in [0.25, 0.3) is 10.8 Å². The van der Waals surface area contributed by atoms with Crippen LogP contribution in [-0.4, -0.2) is 49.2 Å². The van der Waals surface area contributed by atoms with Crippen molar-refractivity contribution in [3.63, 3.8) is 0 Å². The second-order valence-corrected chi connectivity index (χ2v) is 6.00. The summed E-state index contributed by atoms with van der Waals surface area (Å²) in [6.45, 7) is 4.60. The van der Waals surface area contributed by atoms with Crippen LogP contribution in [0.4, 0.5) is 5.82 Å². The molecule has 3 heterocycles. The largest absolute Gasteiger partial charge is 0.497 e. The van der Waals surface area contributed by atoms with Crippen LogP contribution in [-0.2, 0) is 0 Å². The first-order chi connectivity index (χ1) is 10.3. The predicted molar refractivity (Wildman–Crippen MR) is 85.1 cm³/mol. The Morgan fingerprint density at radius 2 is 2.14 bits per heavy atom. The number of pyridine rings is 1. The lowest BCUT2D eigenvalue weighted by molar-refractivity contribution is 0.230. The normalized spacial score (nSPS) is 22.5. The van der Waals surface area contributed by atoms with Crippen molar-refractivity contribution in [2.24, 2.45) is 0 Å². The second kappa shape index (κ2) is 5.19. The van der Waals surface area contributed by atoms with Gasteiger partial charge in [-0.05, 0) is 43.0 Å². The van der Waals surface area contributed by atoms with Crippen LogP contribution in [0.1, 0.15) is 12.8 Å². The molecule has 21 heavy (non-hydrogen) atoms. The van der Waals surface area contributed by atoms with Crippen molar-refractivity contribution < 1.29 is 4.74 Å². The molecular formula is C17H21N3O. The minimum Gasteiger partial charge on any atom is -0.497 e. The highest BCUT2D eigenvalue weighted by molar-refractivity contribution is 5.93. The van der Waals surface area contributed by atoms with E-state index in [0.29, 0.717) is 6.04 Å². The van der Waals surface area contributed by atoms with Crippen LogP contribution in [0.3, 0.4) is 0 Å². The molecule has 0 unspecified atom stereocenters. The molecule has 2 aliphatic rings. The van der Waals surface area contributed by atoms with Gasteiger partial charge in [-0.25, -0.2) is 4.98 Å². The number of hydrogen-bond acceptors (Lipinski definition) is 4. The van der Waals surface area contributed by atoms with Crippen molar-refractivity contribution in [2.45, 2.75) is 18.9 Å². The van der Waals surface area contributed by atoms with E-state index in [2.05, 4.69) is 33.0 Å². The number of benzene rings is 1. The Labute approximate surface area is 125 Å². The summed E-state index contributed by atoms with van der Waals surface area (Å²) >= 11 is 0. The molecule has 0 aliphatic carbocycles. The van der Waals surface area contributed by atoms with Gasteiger partial charge in [-0.2, -0.15) is 0 Å². The van der Waals surface area contributed by atoms with E-state index >= 15 is 0 Å². The molecule has 2 fully saturated rings. The Kier molecular flexibility index (Phi) is 3.19. The third-order valence-corrected chi connectivity index (χ3v) is 4.84. The lowest BCUT2D eigenvalue weighted by atomic mass is 10.1. The molecular weight excluding hydrogens is 262 g/mol. The zero-order valence-corrected chi connectivity index (χ0v) is 12.5. The summed E-state index contributed by atoms with van der Waals surface area (Å²) in [7, 11) is 1.72. The number of ether oxygens (including phenoxy) is 1. The number of nitrogens with zero attached hydrogens (tertiary/aromatic N) is 3. The van der Waals surface area contributed by atoms with E-state index < -0.39 is 0 Å². The van der Waals surface area contributed by atoms with Crippen LogP contribution >= 0.6 is 0 Å². The van der Waals surface area contributed by atoms with Gasteiger partial charge in [0.15, 0.2) is 0 Å². The minimum absolute atomic E-state index is 0.710. The van der Waals surface area contributed by atoms with E-state index in [1.807, 2.05) is 12.3 Å². The van der Waals surface area contributed by atoms with Gasteiger partial charge in [0.05, 0.1) is 7.11 Å². The number of aromatic nitrogens is 1. The van der Waals surface area contributed by atoms with Crippen LogP contribution in [0.2, 0.25) is 0 Å². The molecule has 4 nitrogen and oxygen atoms in total. The summed E-state index contributed by atoms with van der Waals surface area (Å²) in [6, 6.07) is 9.02. The molecule has 2 saturated heterocycles. The molecule has 0 saturated carbocycles. The van der Waals surface area contributed by atoms with Crippen LogP contribution in [0, 0.1) is 0 Å². The maximum atomic E-state index is 5.38. The molecule has 4 rings (SSSR count). The smallest absolute Gasteiger partial charge is 0.136 e. The Morgan fingerprint density at radius 3 is 3.05 bits per heavy atom. The van der Waals surface area contributed by atoms with E-state index in [-0.39, 0.29) is 0 Å². The fourth-order valence-corrected chi connectivity index (χ4v) is 3.69. The lowest BCUT2D eigenvalue weighted by Crippen LogP contribution is -2.50. The Hall–Kier alpha value is -1.81. The van der Waals surface area contributed by atoms with Crippen molar-refractivity contribution in [2.75, 3.05) is 38.2 Å². The van der Waals surface area contributed by atoms with Crippen molar-refractivity contribution >= 4 is 16.6 Å². The van der Waals surface area contributed by atoms with Gasteiger partial charge in [0, 0.05) is 37.3 Å². The summed E-state index contributed by atoms with van der Waals surface area (Å²) in [5.41, 5.74) is 0. The molecule has 4 heteroatoms. The first-order valence-electron chi connectivity index (χ1n) is 7.77. The molecule has 1 atom stereocenters. The molecule has 0 amide bonds. The summed E-state index contributed by atoms with van der Waals surface area (Å²) < 4.78 is 5.38. The number of rotatable bonds is 2. The standard InChI is InChI=1S/C17H21N3O/c1-21-15-5-4-13-6-7-18-17(16(13)11-15)20-10-9-19-8-2-3-14(19)12-20/h4-7,11,14H,2-3,8-10,12H2,1H3/t14-/m1/s1. The van der Waals surface area contributed by atoms with Gasteiger partial charge in [0.2, 0.25) is 0 Å². The van der Waals surface area contributed by atoms with Gasteiger partial charge in [-0.15, -0.1) is 0 Å². The van der Waals surface area contributed by atoms with Gasteiger partial charge in [0.1, 0.15) is 11.6 Å². The average Bonchev–Trinajstić information content (AvgIpc) is 3.01. The van der Waals surface area contributed by atoms with E-state index in [1.165, 1.54) is 30.2 Å². The number of fused-ring (bicyclic) bond motifs is 2. The molecule has 0 N–H and O–H groups in total. The Bertz CT molecular complexity index is 658. The van der Waals surface area contributed by atoms with Gasteiger partial charge in [-0.3, -0.25) is 4.90 Å². The average molecular weight is 283 g/mol. The van der Waals surface area contributed by atoms with Crippen LogP contribution in [0.5, 0.6) is 5.75 Å². The number of piperazine rings is 1. The van der Waals surface area contributed by atoms with E-state index in [0.717, 1.165) is 31.2 Å². The summed E-state index contributed by atoms with van der Waals surface area (Å²) in [6.07, 6.45) is 4.59. The minimum atomic E-state index is 0.710. The second-order valence-electron chi connectivity index (χ2n) is 6.00. The topological polar surface area (TPSA) is 28.6 Å². The Morgan fingerprint density at radius 1 is 1.19 bits per heavy atom. The van der Waals surface area contributed by atoms with Crippen molar-refractivity contribution in [1.82, 2.24) is 9.88 Å². The van der Waals surface area contributed by atoms with Crippen LogP contribution in [0.15, 0.2) is 30.5 Å². The van der Waals surface area contributed by atoms with Gasteiger partial charge < -0.3 is 9.64 Å². The first-order valence-corrected chi connectivity index (χ1v) is 7.77. The molecule has 2 aromatic rings. The molecule has 2 aliphatic heterocycles. The maximum absolute atomic E-state index is 5.38. The SMILES string of the molecule is COc1ccc2ccnc(N3CCN4CCC[C@@H]4C3)c2c1. The monoisotopic (exact) mass is 283 g/mol. The van der Waals surface area contributed by atoms with E-state index in [4.69, 9.17) is 4.74 Å². The highest BCUT2D eigenvalue weighted by Gasteiger charge is 2.31.